The molecule has 216 valence electrons. The van der Waals surface area contributed by atoms with E-state index in [1.54, 1.807) is 0 Å². The molecule has 1 aliphatic heterocycles. The third-order valence-corrected chi connectivity index (χ3v) is 7.79. The Balaban J connectivity index is 0.936. The fourth-order valence-corrected chi connectivity index (χ4v) is 5.57. The normalized spacial score (nSPS) is 16.0. The number of carbonyl (C=O) groups is 1. The molecule has 0 spiro atoms. The molecule has 1 saturated heterocycles. The number of carbonyl (C=O) groups excluding carboxylic acids is 1. The molecule has 2 N–H and O–H groups in total. The minimum absolute atomic E-state index is 0.0253. The molecule has 1 aliphatic rings. The Hall–Kier alpha value is -4.24. The third kappa shape index (κ3) is 6.62. The Morgan fingerprint density at radius 1 is 0.952 bits per heavy atom. The molecule has 0 aliphatic carbocycles. The fraction of sp³-hybridized carbons (Fsp3) is 0.294. The number of β-amino-alcohol motifs (C(OH)–C–C–N with tert-alkyl or cyclic N) is 1. The number of oxazole rings is 1. The number of rotatable bonds is 10. The van der Waals surface area contributed by atoms with Crippen LogP contribution in [0.4, 0.5) is 0 Å². The number of ether oxygens (including phenoxy) is 1. The lowest BCUT2D eigenvalue weighted by Gasteiger charge is -2.35. The predicted molar refractivity (Wildman–Crippen MR) is 164 cm³/mol. The van der Waals surface area contributed by atoms with Crippen molar-refractivity contribution in [1.29, 1.82) is 0 Å². The molecule has 0 unspecified atom stereocenters. The van der Waals surface area contributed by atoms with Crippen molar-refractivity contribution in [2.45, 2.75) is 19.1 Å². The molecule has 1 amide bonds. The number of aromatic nitrogens is 1. The van der Waals surface area contributed by atoms with E-state index >= 15 is 0 Å². The lowest BCUT2D eigenvalue weighted by molar-refractivity contribution is -0.123. The first-order chi connectivity index (χ1) is 20.5. The molecule has 5 aromatic rings. The second-order valence-electron chi connectivity index (χ2n) is 10.9. The van der Waals surface area contributed by atoms with Crippen LogP contribution in [0, 0.1) is 0 Å². The van der Waals surface area contributed by atoms with Crippen molar-refractivity contribution in [1.82, 2.24) is 20.1 Å². The maximum absolute atomic E-state index is 12.8. The Morgan fingerprint density at radius 2 is 1.69 bits per heavy atom. The van der Waals surface area contributed by atoms with E-state index in [2.05, 4.69) is 44.4 Å². The largest absolute Gasteiger partial charge is 0.491 e. The zero-order valence-corrected chi connectivity index (χ0v) is 23.8. The summed E-state index contributed by atoms with van der Waals surface area (Å²) in [6.45, 7) is 6.23. The van der Waals surface area contributed by atoms with Crippen LogP contribution in [0.15, 0.2) is 95.4 Å². The van der Waals surface area contributed by atoms with E-state index in [-0.39, 0.29) is 18.6 Å². The van der Waals surface area contributed by atoms with E-state index in [1.807, 2.05) is 73.7 Å². The molecule has 6 rings (SSSR count). The van der Waals surface area contributed by atoms with Crippen molar-refractivity contribution in [3.63, 3.8) is 0 Å². The second-order valence-corrected chi connectivity index (χ2v) is 10.9. The van der Waals surface area contributed by atoms with Gasteiger partial charge in [0.05, 0.1) is 12.6 Å². The van der Waals surface area contributed by atoms with Gasteiger partial charge in [-0.15, -0.1) is 0 Å². The number of fused-ring (bicyclic) bond motifs is 2. The van der Waals surface area contributed by atoms with Crippen molar-refractivity contribution < 1.29 is 19.1 Å². The fourth-order valence-electron chi connectivity index (χ4n) is 5.57. The molecule has 1 aromatic heterocycles. The minimum atomic E-state index is -0.630. The van der Waals surface area contributed by atoms with E-state index in [0.29, 0.717) is 35.8 Å². The monoisotopic (exact) mass is 564 g/mol. The summed E-state index contributed by atoms with van der Waals surface area (Å²) in [6, 6.07) is 29.7. The van der Waals surface area contributed by atoms with Crippen LogP contribution in [0.5, 0.6) is 5.75 Å². The lowest BCUT2D eigenvalue weighted by atomic mass is 10.00. The smallest absolute Gasteiger partial charge is 0.234 e. The van der Waals surface area contributed by atoms with E-state index in [0.717, 1.165) is 37.3 Å². The van der Waals surface area contributed by atoms with Gasteiger partial charge in [-0.1, -0.05) is 60.7 Å². The van der Waals surface area contributed by atoms with Crippen molar-refractivity contribution in [3.8, 4) is 17.2 Å². The highest BCUT2D eigenvalue weighted by Crippen LogP contribution is 2.27. The number of aliphatic hydroxyl groups is 1. The summed E-state index contributed by atoms with van der Waals surface area (Å²) < 4.78 is 11.8. The van der Waals surface area contributed by atoms with Crippen LogP contribution >= 0.6 is 0 Å². The third-order valence-electron chi connectivity index (χ3n) is 7.79. The topological polar surface area (TPSA) is 91.1 Å². The van der Waals surface area contributed by atoms with Crippen molar-refractivity contribution in [2.75, 3.05) is 45.9 Å². The van der Waals surface area contributed by atoms with Crippen molar-refractivity contribution in [3.05, 3.63) is 96.6 Å². The first-order valence-electron chi connectivity index (χ1n) is 14.5. The number of benzene rings is 4. The van der Waals surface area contributed by atoms with Gasteiger partial charge in [0.2, 0.25) is 11.8 Å². The molecule has 2 heterocycles. The number of hydrogen-bond donors (Lipinski definition) is 2. The van der Waals surface area contributed by atoms with Crippen LogP contribution in [-0.4, -0.2) is 77.8 Å². The van der Waals surface area contributed by atoms with Crippen LogP contribution in [0.2, 0.25) is 0 Å². The van der Waals surface area contributed by atoms with Crippen molar-refractivity contribution in [2.24, 2.45) is 0 Å². The van der Waals surface area contributed by atoms with Gasteiger partial charge in [-0.2, -0.15) is 0 Å². The van der Waals surface area contributed by atoms with Gasteiger partial charge in [-0.25, -0.2) is 4.98 Å². The summed E-state index contributed by atoms with van der Waals surface area (Å²) in [4.78, 5) is 21.8. The van der Waals surface area contributed by atoms with Crippen LogP contribution in [0.3, 0.4) is 0 Å². The Kier molecular flexibility index (Phi) is 8.46. The molecular formula is C34H36N4O4. The standard InChI is InChI=1S/C34H36N4O4/c1-24(29-13-7-11-25-8-5-6-12-30(25)29)35-33(40)22-38-18-16-37(17-19-38)21-27(39)23-41-28-14-15-32-31(20-28)36-34(42-32)26-9-3-2-4-10-26/h2-15,20,24,27,39H,16-19,21-23H2,1H3,(H,35,40)/t24-,27+/m0/s1. The molecule has 2 atom stereocenters. The molecule has 4 aromatic carbocycles. The summed E-state index contributed by atoms with van der Waals surface area (Å²) in [6.07, 6.45) is -0.630. The molecule has 42 heavy (non-hydrogen) atoms. The number of aliphatic hydroxyl groups excluding tert-OH is 1. The molecule has 0 bridgehead atoms. The van der Waals surface area contributed by atoms with E-state index in [9.17, 15) is 9.90 Å². The van der Waals surface area contributed by atoms with Gasteiger partial charge in [-0.3, -0.25) is 14.6 Å². The van der Waals surface area contributed by atoms with Gasteiger partial charge >= 0.3 is 0 Å². The summed E-state index contributed by atoms with van der Waals surface area (Å²) in [5.41, 5.74) is 3.45. The summed E-state index contributed by atoms with van der Waals surface area (Å²) in [7, 11) is 0. The van der Waals surface area contributed by atoms with Gasteiger partial charge < -0.3 is 19.6 Å². The van der Waals surface area contributed by atoms with E-state index in [4.69, 9.17) is 9.15 Å². The molecule has 8 heteroatoms. The number of hydrogen-bond acceptors (Lipinski definition) is 7. The van der Waals surface area contributed by atoms with Crippen LogP contribution in [0.1, 0.15) is 18.5 Å². The Bertz CT molecular complexity index is 1640. The van der Waals surface area contributed by atoms with Crippen LogP contribution in [-0.2, 0) is 4.79 Å². The SMILES string of the molecule is C[C@H](NC(=O)CN1CCN(C[C@@H](O)COc2ccc3oc(-c4ccccc4)nc3c2)CC1)c1cccc2ccccc12. The van der Waals surface area contributed by atoms with Gasteiger partial charge in [0.1, 0.15) is 24.0 Å². The van der Waals surface area contributed by atoms with Crippen LogP contribution < -0.4 is 10.1 Å². The first-order valence-corrected chi connectivity index (χ1v) is 14.5. The quantitative estimate of drug-likeness (QED) is 0.250. The average molecular weight is 565 g/mol. The number of nitrogens with zero attached hydrogens (tertiary/aromatic N) is 3. The number of piperazine rings is 1. The van der Waals surface area contributed by atoms with Gasteiger partial charge in [0, 0.05) is 44.4 Å². The van der Waals surface area contributed by atoms with Gasteiger partial charge in [-0.05, 0) is 47.5 Å². The highest BCUT2D eigenvalue weighted by Gasteiger charge is 2.22. The maximum Gasteiger partial charge on any atom is 0.234 e. The number of amides is 1. The molecule has 8 nitrogen and oxygen atoms in total. The van der Waals surface area contributed by atoms with Gasteiger partial charge in [0.25, 0.3) is 0 Å². The zero-order valence-electron chi connectivity index (χ0n) is 23.8. The summed E-state index contributed by atoms with van der Waals surface area (Å²) >= 11 is 0. The molecular weight excluding hydrogens is 528 g/mol. The molecule has 1 fully saturated rings. The summed E-state index contributed by atoms with van der Waals surface area (Å²) in [5.74, 6) is 1.24. The Labute approximate surface area is 245 Å². The first kappa shape index (κ1) is 27.9. The minimum Gasteiger partial charge on any atom is -0.491 e. The maximum atomic E-state index is 12.8. The Morgan fingerprint density at radius 3 is 2.52 bits per heavy atom. The zero-order chi connectivity index (χ0) is 28.9. The number of nitrogens with one attached hydrogen (secondary N) is 1. The second kappa shape index (κ2) is 12.7. The highest BCUT2D eigenvalue weighted by molar-refractivity contribution is 5.87. The summed E-state index contributed by atoms with van der Waals surface area (Å²) in [5, 5.41) is 16.2. The lowest BCUT2D eigenvalue weighted by Crippen LogP contribution is -2.51. The van der Waals surface area contributed by atoms with E-state index in [1.165, 1.54) is 10.8 Å². The average Bonchev–Trinajstić information content (AvgIpc) is 3.45. The molecule has 0 radical (unpaired) electrons. The van der Waals surface area contributed by atoms with E-state index < -0.39 is 6.10 Å². The highest BCUT2D eigenvalue weighted by atomic mass is 16.5. The van der Waals surface area contributed by atoms with Gasteiger partial charge in [0.15, 0.2) is 5.58 Å². The van der Waals surface area contributed by atoms with Crippen molar-refractivity contribution >= 4 is 27.8 Å². The molecule has 0 saturated carbocycles. The predicted octanol–water partition coefficient (Wildman–Crippen LogP) is 4.88. The van der Waals surface area contributed by atoms with Crippen LogP contribution in [0.25, 0.3) is 33.3 Å².